The smallest absolute Gasteiger partial charge is 0.408 e. The highest BCUT2D eigenvalue weighted by Gasteiger charge is 2.30. The number of hydrogen-bond acceptors (Lipinski definition) is 7. The summed E-state index contributed by atoms with van der Waals surface area (Å²) in [6.45, 7) is 7.47. The first-order valence-electron chi connectivity index (χ1n) is 9.78. The molecule has 1 aliphatic rings. The molecule has 1 aromatic carbocycles. The predicted octanol–water partition coefficient (Wildman–Crippen LogP) is 1.99. The highest BCUT2D eigenvalue weighted by molar-refractivity contribution is 5.86. The van der Waals surface area contributed by atoms with Gasteiger partial charge in [0.2, 0.25) is 11.8 Å². The SMILES string of the molecule is COC1=CC(CNC(=O)[C@@H](NC(=O)OC(C)(C)C)[C@@H](C)OCc2ccccc2)ON1. The molecule has 0 saturated heterocycles. The summed E-state index contributed by atoms with van der Waals surface area (Å²) in [5, 5.41) is 5.37. The van der Waals surface area contributed by atoms with Crippen molar-refractivity contribution < 1.29 is 28.6 Å². The average molecular weight is 421 g/mol. The number of alkyl carbamates (subject to hydrolysis) is 1. The Hall–Kier alpha value is -2.78. The van der Waals surface area contributed by atoms with Crippen molar-refractivity contribution >= 4 is 12.0 Å². The normalized spacial score (nSPS) is 17.9. The fourth-order valence-electron chi connectivity index (χ4n) is 2.62. The molecule has 2 rings (SSSR count). The Kier molecular flexibility index (Phi) is 8.49. The molecule has 1 aromatic rings. The summed E-state index contributed by atoms with van der Waals surface area (Å²) in [5.41, 5.74) is 2.87. The van der Waals surface area contributed by atoms with Crippen molar-refractivity contribution in [2.75, 3.05) is 13.7 Å². The van der Waals surface area contributed by atoms with Crippen LogP contribution in [-0.2, 0) is 30.4 Å². The average Bonchev–Trinajstić information content (AvgIpc) is 3.16. The molecule has 0 radical (unpaired) electrons. The number of carbonyl (C=O) groups is 2. The largest absolute Gasteiger partial charge is 0.481 e. The van der Waals surface area contributed by atoms with Crippen LogP contribution < -0.4 is 16.1 Å². The summed E-state index contributed by atoms with van der Waals surface area (Å²) in [5.74, 6) is 0.0570. The van der Waals surface area contributed by atoms with E-state index in [1.807, 2.05) is 30.3 Å². The van der Waals surface area contributed by atoms with E-state index in [4.69, 9.17) is 19.0 Å². The molecule has 2 amide bonds. The maximum atomic E-state index is 12.8. The Bertz CT molecular complexity index is 732. The van der Waals surface area contributed by atoms with Crippen LogP contribution in [0.1, 0.15) is 33.3 Å². The second kappa shape index (κ2) is 10.8. The lowest BCUT2D eigenvalue weighted by Gasteiger charge is -2.27. The van der Waals surface area contributed by atoms with E-state index in [0.717, 1.165) is 5.56 Å². The number of rotatable bonds is 9. The highest BCUT2D eigenvalue weighted by atomic mass is 16.7. The summed E-state index contributed by atoms with van der Waals surface area (Å²) in [4.78, 5) is 30.4. The number of methoxy groups -OCH3 is 1. The minimum atomic E-state index is -0.955. The quantitative estimate of drug-likeness (QED) is 0.560. The zero-order valence-corrected chi connectivity index (χ0v) is 18.1. The highest BCUT2D eigenvalue weighted by Crippen LogP contribution is 2.11. The van der Waals surface area contributed by atoms with Crippen molar-refractivity contribution in [1.82, 2.24) is 16.1 Å². The number of hydroxylamine groups is 1. The summed E-state index contributed by atoms with van der Waals surface area (Å²) < 4.78 is 16.2. The minimum Gasteiger partial charge on any atom is -0.481 e. The van der Waals surface area contributed by atoms with E-state index in [2.05, 4.69) is 16.1 Å². The Morgan fingerprint density at radius 3 is 2.53 bits per heavy atom. The minimum absolute atomic E-state index is 0.191. The monoisotopic (exact) mass is 421 g/mol. The van der Waals surface area contributed by atoms with Gasteiger partial charge in [-0.2, -0.15) is 0 Å². The molecule has 1 heterocycles. The molecular formula is C21H31N3O6. The van der Waals surface area contributed by atoms with Crippen LogP contribution in [0, 0.1) is 0 Å². The topological polar surface area (TPSA) is 107 Å². The van der Waals surface area contributed by atoms with Gasteiger partial charge in [0.15, 0.2) is 0 Å². The van der Waals surface area contributed by atoms with E-state index in [9.17, 15) is 9.59 Å². The summed E-state index contributed by atoms with van der Waals surface area (Å²) in [6, 6.07) is 8.62. The molecule has 0 aliphatic carbocycles. The molecule has 166 valence electrons. The van der Waals surface area contributed by atoms with Gasteiger partial charge in [-0.25, -0.2) is 10.3 Å². The van der Waals surface area contributed by atoms with Crippen molar-refractivity contribution in [3.63, 3.8) is 0 Å². The number of benzene rings is 1. The zero-order chi connectivity index (χ0) is 22.1. The van der Waals surface area contributed by atoms with Gasteiger partial charge in [0.05, 0.1) is 26.4 Å². The Morgan fingerprint density at radius 2 is 1.93 bits per heavy atom. The molecule has 0 saturated carbocycles. The van der Waals surface area contributed by atoms with Crippen molar-refractivity contribution in [2.45, 2.75) is 58.2 Å². The van der Waals surface area contributed by atoms with Gasteiger partial charge < -0.3 is 24.8 Å². The number of hydrogen-bond donors (Lipinski definition) is 3. The molecule has 0 spiro atoms. The van der Waals surface area contributed by atoms with Gasteiger partial charge in [-0.05, 0) is 33.3 Å². The molecule has 1 unspecified atom stereocenters. The van der Waals surface area contributed by atoms with Crippen LogP contribution in [0.3, 0.4) is 0 Å². The fourth-order valence-corrected chi connectivity index (χ4v) is 2.62. The van der Waals surface area contributed by atoms with Crippen LogP contribution in [0.25, 0.3) is 0 Å². The number of ether oxygens (including phenoxy) is 3. The molecule has 3 N–H and O–H groups in total. The van der Waals surface area contributed by atoms with Crippen LogP contribution >= 0.6 is 0 Å². The number of carbonyl (C=O) groups excluding carboxylic acids is 2. The van der Waals surface area contributed by atoms with Gasteiger partial charge in [0.25, 0.3) is 0 Å². The van der Waals surface area contributed by atoms with Gasteiger partial charge in [-0.3, -0.25) is 9.63 Å². The first-order chi connectivity index (χ1) is 14.2. The number of nitrogens with one attached hydrogen (secondary N) is 3. The van der Waals surface area contributed by atoms with E-state index >= 15 is 0 Å². The van der Waals surface area contributed by atoms with Gasteiger partial charge in [-0.15, -0.1) is 0 Å². The van der Waals surface area contributed by atoms with E-state index in [1.165, 1.54) is 7.11 Å². The molecule has 0 fully saturated rings. The molecule has 9 nitrogen and oxygen atoms in total. The fraction of sp³-hybridized carbons (Fsp3) is 0.524. The van der Waals surface area contributed by atoms with Gasteiger partial charge in [0, 0.05) is 6.08 Å². The van der Waals surface area contributed by atoms with Gasteiger partial charge >= 0.3 is 6.09 Å². The molecule has 1 aliphatic heterocycles. The van der Waals surface area contributed by atoms with E-state index in [1.54, 1.807) is 33.8 Å². The molecule has 30 heavy (non-hydrogen) atoms. The third-order valence-corrected chi connectivity index (χ3v) is 4.13. The molecule has 0 bridgehead atoms. The summed E-state index contributed by atoms with van der Waals surface area (Å²) in [6.07, 6.45) is 0.00143. The van der Waals surface area contributed by atoms with Crippen LogP contribution in [-0.4, -0.2) is 49.5 Å². The predicted molar refractivity (Wildman–Crippen MR) is 110 cm³/mol. The lowest BCUT2D eigenvalue weighted by Crippen LogP contribution is -2.54. The maximum absolute atomic E-state index is 12.8. The van der Waals surface area contributed by atoms with Crippen molar-refractivity contribution in [1.29, 1.82) is 0 Å². The Morgan fingerprint density at radius 1 is 1.23 bits per heavy atom. The second-order valence-corrected chi connectivity index (χ2v) is 7.86. The van der Waals surface area contributed by atoms with Gasteiger partial charge in [0.1, 0.15) is 17.7 Å². The molecule has 0 aromatic heterocycles. The standard InChI is InChI=1S/C21H31N3O6/c1-14(28-13-15-9-7-6-8-10-15)18(23-20(26)29-21(2,3)4)19(25)22-12-16-11-17(27-5)24-30-16/h6-11,14,16,18,24H,12-13H2,1-5H3,(H,22,25)(H,23,26)/t14-,16?,18+/m1/s1. The molecule has 9 heteroatoms. The van der Waals surface area contributed by atoms with Crippen molar-refractivity contribution in [3.8, 4) is 0 Å². The Labute approximate surface area is 177 Å². The van der Waals surface area contributed by atoms with Crippen LogP contribution in [0.2, 0.25) is 0 Å². The van der Waals surface area contributed by atoms with Gasteiger partial charge in [-0.1, -0.05) is 30.3 Å². The van der Waals surface area contributed by atoms with Crippen molar-refractivity contribution in [3.05, 3.63) is 47.9 Å². The van der Waals surface area contributed by atoms with Crippen LogP contribution in [0.5, 0.6) is 0 Å². The van der Waals surface area contributed by atoms with E-state index in [0.29, 0.717) is 12.5 Å². The molecular weight excluding hydrogens is 390 g/mol. The lowest BCUT2D eigenvalue weighted by molar-refractivity contribution is -0.127. The molecule has 3 atom stereocenters. The first-order valence-corrected chi connectivity index (χ1v) is 9.78. The summed E-state index contributed by atoms with van der Waals surface area (Å²) >= 11 is 0. The van der Waals surface area contributed by atoms with Crippen LogP contribution in [0.15, 0.2) is 42.3 Å². The maximum Gasteiger partial charge on any atom is 0.408 e. The van der Waals surface area contributed by atoms with Crippen LogP contribution in [0.4, 0.5) is 4.79 Å². The zero-order valence-electron chi connectivity index (χ0n) is 18.1. The Balaban J connectivity index is 1.98. The third kappa shape index (κ3) is 7.92. The number of amides is 2. The second-order valence-electron chi connectivity index (χ2n) is 7.86. The van der Waals surface area contributed by atoms with E-state index < -0.39 is 35.9 Å². The van der Waals surface area contributed by atoms with E-state index in [-0.39, 0.29) is 6.54 Å². The third-order valence-electron chi connectivity index (χ3n) is 4.13. The lowest BCUT2D eigenvalue weighted by atomic mass is 10.1. The first kappa shape index (κ1) is 23.5. The van der Waals surface area contributed by atoms with Crippen molar-refractivity contribution in [2.24, 2.45) is 0 Å². The summed E-state index contributed by atoms with van der Waals surface area (Å²) in [7, 11) is 1.51.